The summed E-state index contributed by atoms with van der Waals surface area (Å²) in [5.74, 6) is -1.45. The Hall–Kier alpha value is -5.47. The minimum atomic E-state index is -1.49. The number of esters is 2. The average Bonchev–Trinajstić information content (AvgIpc) is 3.50. The van der Waals surface area contributed by atoms with Crippen LogP contribution in [-0.2, 0) is 37.0 Å². The number of non-ortho nitro benzene ring substituents is 1. The first-order chi connectivity index (χ1) is 24.1. The number of ether oxygens (including phenoxy) is 3. The molecule has 3 atom stereocenters. The smallest absolute Gasteiger partial charge is 0.355 e. The fraction of sp³-hybridized carbons (Fsp3) is 0.167. The van der Waals surface area contributed by atoms with E-state index in [2.05, 4.69) is 15.9 Å². The van der Waals surface area contributed by atoms with Gasteiger partial charge in [-0.05, 0) is 53.1 Å². The van der Waals surface area contributed by atoms with Crippen molar-refractivity contribution in [3.63, 3.8) is 0 Å². The van der Waals surface area contributed by atoms with Gasteiger partial charge in [0, 0.05) is 24.5 Å². The Labute approximate surface area is 297 Å². The van der Waals surface area contributed by atoms with Gasteiger partial charge in [0.05, 0.1) is 22.7 Å². The molecule has 3 unspecified atom stereocenters. The lowest BCUT2D eigenvalue weighted by atomic mass is 9.86. The van der Waals surface area contributed by atoms with Crippen molar-refractivity contribution < 1.29 is 38.3 Å². The number of hydrogen-bond donors (Lipinski definition) is 0. The zero-order chi connectivity index (χ0) is 35.2. The second-order valence-electron chi connectivity index (χ2n) is 11.6. The maximum Gasteiger partial charge on any atom is 0.355 e. The Balaban J connectivity index is 1.17. The van der Waals surface area contributed by atoms with E-state index in [1.807, 2.05) is 30.3 Å². The van der Waals surface area contributed by atoms with Gasteiger partial charge >= 0.3 is 11.9 Å². The lowest BCUT2D eigenvalue weighted by Gasteiger charge is -2.51. The predicted octanol–water partition coefficient (Wildman–Crippen LogP) is 6.79. The monoisotopic (exact) mass is 755 g/mol. The number of hydrogen-bond acceptors (Lipinski definition) is 10. The summed E-state index contributed by atoms with van der Waals surface area (Å²) < 4.78 is 16.0. The normalized spacial score (nSPS) is 19.5. The summed E-state index contributed by atoms with van der Waals surface area (Å²) in [5, 5.41) is 11.8. The van der Waals surface area contributed by atoms with Crippen LogP contribution in [0.25, 0.3) is 0 Å². The molecule has 0 bridgehead atoms. The quantitative estimate of drug-likeness (QED) is 0.0589. The molecule has 12 nitrogen and oxygen atoms in total. The highest BCUT2D eigenvalue weighted by molar-refractivity contribution is 9.10. The topological polar surface area (TPSA) is 146 Å². The largest absolute Gasteiger partial charge is 0.456 e. The summed E-state index contributed by atoms with van der Waals surface area (Å²) in [6.07, 6.45) is -1.17. The molecule has 7 rings (SSSR count). The van der Waals surface area contributed by atoms with E-state index in [4.69, 9.17) is 14.2 Å². The summed E-state index contributed by atoms with van der Waals surface area (Å²) >= 11 is 4.80. The highest BCUT2D eigenvalue weighted by Gasteiger charge is 2.69. The molecule has 14 heteroatoms. The van der Waals surface area contributed by atoms with Crippen molar-refractivity contribution in [3.8, 4) is 11.5 Å². The highest BCUT2D eigenvalue weighted by atomic mass is 79.9. The minimum absolute atomic E-state index is 0.0105. The first-order valence-electron chi connectivity index (χ1n) is 15.3. The molecule has 50 heavy (non-hydrogen) atoms. The number of fused-ring (bicyclic) bond motifs is 3. The molecule has 4 aromatic rings. The molecule has 3 aliphatic heterocycles. The Kier molecular flexibility index (Phi) is 8.66. The van der Waals surface area contributed by atoms with Gasteiger partial charge in [-0.25, -0.2) is 4.79 Å². The molecule has 0 aliphatic carbocycles. The third kappa shape index (κ3) is 5.79. The van der Waals surface area contributed by atoms with Gasteiger partial charge in [-0.1, -0.05) is 64.5 Å². The van der Waals surface area contributed by atoms with E-state index in [-0.39, 0.29) is 30.4 Å². The molecule has 3 aliphatic rings. The van der Waals surface area contributed by atoms with Crippen LogP contribution in [-0.4, -0.2) is 43.3 Å². The van der Waals surface area contributed by atoms with Gasteiger partial charge in [0.15, 0.2) is 16.2 Å². The second-order valence-corrected chi connectivity index (χ2v) is 13.9. The SMILES string of the molecule is CC(=O)OC(c1ccc2c(c1)N(Cc1ccccc1)C(=O)c1ccccc1O2)C1(Br)C(=O)N2C(C(=O)OCc3ccc([N+](=O)[O-])cc3)=CSC21. The molecule has 0 radical (unpaired) electrons. The fourth-order valence-corrected chi connectivity index (χ4v) is 8.31. The molecule has 0 N–H and O–H groups in total. The summed E-state index contributed by atoms with van der Waals surface area (Å²) in [7, 11) is 0. The molecule has 1 saturated heterocycles. The van der Waals surface area contributed by atoms with Gasteiger partial charge < -0.3 is 19.1 Å². The van der Waals surface area contributed by atoms with Crippen LogP contribution >= 0.6 is 27.7 Å². The van der Waals surface area contributed by atoms with Crippen LogP contribution in [0.2, 0.25) is 0 Å². The van der Waals surface area contributed by atoms with Gasteiger partial charge in [0.25, 0.3) is 17.5 Å². The zero-order valence-electron chi connectivity index (χ0n) is 26.2. The van der Waals surface area contributed by atoms with Crippen molar-refractivity contribution in [1.29, 1.82) is 0 Å². The van der Waals surface area contributed by atoms with Crippen molar-refractivity contribution in [2.45, 2.75) is 35.9 Å². The van der Waals surface area contributed by atoms with Crippen molar-refractivity contribution >= 4 is 62.8 Å². The van der Waals surface area contributed by atoms with E-state index in [1.54, 1.807) is 47.4 Å². The number of anilines is 1. The molecular formula is C36H26BrN3O9S. The van der Waals surface area contributed by atoms with Crippen molar-refractivity contribution in [2.24, 2.45) is 0 Å². The summed E-state index contributed by atoms with van der Waals surface area (Å²) in [6, 6.07) is 27.0. The van der Waals surface area contributed by atoms with Gasteiger partial charge in [0.2, 0.25) is 0 Å². The van der Waals surface area contributed by atoms with Gasteiger partial charge in [-0.2, -0.15) is 0 Å². The molecule has 252 valence electrons. The number of halogens is 1. The van der Waals surface area contributed by atoms with E-state index < -0.39 is 38.6 Å². The maximum atomic E-state index is 14.0. The number of nitro benzene ring substituents is 1. The Morgan fingerprint density at radius 2 is 1.70 bits per heavy atom. The Morgan fingerprint density at radius 1 is 0.980 bits per heavy atom. The zero-order valence-corrected chi connectivity index (χ0v) is 28.6. The lowest BCUT2D eigenvalue weighted by Crippen LogP contribution is -2.70. The van der Waals surface area contributed by atoms with Gasteiger partial charge in [-0.15, -0.1) is 11.8 Å². The van der Waals surface area contributed by atoms with E-state index in [1.165, 1.54) is 53.3 Å². The first-order valence-corrected chi connectivity index (χ1v) is 17.0. The summed E-state index contributed by atoms with van der Waals surface area (Å²) in [6.45, 7) is 1.28. The van der Waals surface area contributed by atoms with E-state index in [9.17, 15) is 29.3 Å². The van der Waals surface area contributed by atoms with E-state index in [0.29, 0.717) is 33.9 Å². The van der Waals surface area contributed by atoms with Crippen LogP contribution in [0, 0.1) is 10.1 Å². The third-order valence-electron chi connectivity index (χ3n) is 8.44. The fourth-order valence-electron chi connectivity index (χ4n) is 6.01. The molecule has 3 heterocycles. The number of carbonyl (C=O) groups excluding carboxylic acids is 4. The molecule has 0 aromatic heterocycles. The minimum Gasteiger partial charge on any atom is -0.456 e. The molecule has 2 amide bonds. The number of thioether (sulfide) groups is 1. The van der Waals surface area contributed by atoms with Crippen molar-refractivity contribution in [3.05, 3.63) is 141 Å². The van der Waals surface area contributed by atoms with E-state index >= 15 is 0 Å². The molecule has 0 spiro atoms. The lowest BCUT2D eigenvalue weighted by molar-refractivity contribution is -0.384. The van der Waals surface area contributed by atoms with Crippen LogP contribution in [0.5, 0.6) is 11.5 Å². The van der Waals surface area contributed by atoms with Crippen LogP contribution in [0.1, 0.15) is 40.1 Å². The maximum absolute atomic E-state index is 14.0. The number of nitro groups is 1. The molecule has 4 aromatic carbocycles. The highest BCUT2D eigenvalue weighted by Crippen LogP contribution is 2.58. The molecular weight excluding hydrogens is 730 g/mol. The molecule has 1 fully saturated rings. The predicted molar refractivity (Wildman–Crippen MR) is 185 cm³/mol. The van der Waals surface area contributed by atoms with Crippen LogP contribution < -0.4 is 9.64 Å². The number of para-hydroxylation sites is 1. The standard InChI is InChI=1S/C36H26BrN3O9S/c1-21(41)48-31(36(37)34(44)39-28(20-50-35(36)39)33(43)47-19-23-11-14-25(15-12-23)40(45)46)24-13-16-30-27(17-24)38(18-22-7-3-2-4-8-22)32(42)26-9-5-6-10-29(26)49-30/h2-17,20,31,35H,18-19H2,1H3. The number of β-lactam (4-membered cyclic amide) rings is 1. The average molecular weight is 757 g/mol. The summed E-state index contributed by atoms with van der Waals surface area (Å²) in [5.41, 5.74) is 2.52. The number of amides is 2. The van der Waals surface area contributed by atoms with Crippen molar-refractivity contribution in [1.82, 2.24) is 4.90 Å². The summed E-state index contributed by atoms with van der Waals surface area (Å²) in [4.78, 5) is 66.9. The second kappa shape index (κ2) is 13.1. The van der Waals surface area contributed by atoms with Gasteiger partial charge in [-0.3, -0.25) is 29.4 Å². The number of alkyl halides is 1. The first kappa shape index (κ1) is 33.0. The van der Waals surface area contributed by atoms with E-state index in [0.717, 1.165) is 5.56 Å². The van der Waals surface area contributed by atoms with Gasteiger partial charge in [0.1, 0.15) is 23.4 Å². The van der Waals surface area contributed by atoms with Crippen LogP contribution in [0.4, 0.5) is 11.4 Å². The Bertz CT molecular complexity index is 2090. The van der Waals surface area contributed by atoms with Crippen LogP contribution in [0.15, 0.2) is 108 Å². The third-order valence-corrected chi connectivity index (χ3v) is 11.1. The number of rotatable bonds is 9. The Morgan fingerprint density at radius 3 is 2.42 bits per heavy atom. The number of benzene rings is 4. The van der Waals surface area contributed by atoms with Crippen molar-refractivity contribution in [2.75, 3.05) is 4.90 Å². The van der Waals surface area contributed by atoms with Crippen LogP contribution in [0.3, 0.4) is 0 Å². The molecule has 0 saturated carbocycles. The number of carbonyl (C=O) groups is 4. The number of nitrogens with zero attached hydrogens (tertiary/aromatic N) is 3.